The van der Waals surface area contributed by atoms with Gasteiger partial charge in [0.15, 0.2) is 0 Å². The number of rotatable bonds is 6. The number of carbonyl (C=O) groups excluding carboxylic acids is 2. The molecule has 0 bridgehead atoms. The van der Waals surface area contributed by atoms with Crippen molar-refractivity contribution >= 4 is 17.6 Å². The summed E-state index contributed by atoms with van der Waals surface area (Å²) in [6, 6.07) is 7.14. The zero-order valence-corrected chi connectivity index (χ0v) is 11.5. The van der Waals surface area contributed by atoms with Crippen LogP contribution in [-0.4, -0.2) is 25.0 Å². The fourth-order valence-corrected chi connectivity index (χ4v) is 2.17. The fourth-order valence-electron chi connectivity index (χ4n) is 2.17. The molecule has 1 aliphatic heterocycles. The molecule has 20 heavy (non-hydrogen) atoms. The van der Waals surface area contributed by atoms with Crippen molar-refractivity contribution in [2.75, 3.05) is 18.1 Å². The van der Waals surface area contributed by atoms with Gasteiger partial charge in [0.25, 0.3) is 0 Å². The molecule has 1 aromatic carbocycles. The minimum atomic E-state index is -1.17. The van der Waals surface area contributed by atoms with E-state index in [1.807, 2.05) is 0 Å². The van der Waals surface area contributed by atoms with E-state index in [0.29, 0.717) is 12.3 Å². The minimum Gasteiger partial charge on any atom is -0.550 e. The van der Waals surface area contributed by atoms with Gasteiger partial charge in [-0.15, -0.1) is 0 Å². The van der Waals surface area contributed by atoms with Gasteiger partial charge in [-0.3, -0.25) is 4.79 Å². The summed E-state index contributed by atoms with van der Waals surface area (Å²) in [5, 5.41) is 10.8. The molecular formula is C15H18NO4-. The van der Waals surface area contributed by atoms with Crippen molar-refractivity contribution in [1.82, 2.24) is 0 Å². The lowest BCUT2D eigenvalue weighted by molar-refractivity contribution is -0.310. The number of aliphatic carboxylic acids is 1. The van der Waals surface area contributed by atoms with E-state index in [1.165, 1.54) is 4.90 Å². The van der Waals surface area contributed by atoms with Crippen LogP contribution in [0.5, 0.6) is 5.75 Å². The highest BCUT2D eigenvalue weighted by Crippen LogP contribution is 2.26. The van der Waals surface area contributed by atoms with E-state index < -0.39 is 11.9 Å². The summed E-state index contributed by atoms with van der Waals surface area (Å²) >= 11 is 0. The second kappa shape index (κ2) is 6.41. The maximum Gasteiger partial charge on any atom is 0.227 e. The first-order valence-corrected chi connectivity index (χ1v) is 6.86. The monoisotopic (exact) mass is 276 g/mol. The lowest BCUT2D eigenvalue weighted by Gasteiger charge is -2.17. The summed E-state index contributed by atoms with van der Waals surface area (Å²) in [6.07, 6.45) is 2.09. The van der Waals surface area contributed by atoms with Gasteiger partial charge >= 0.3 is 0 Å². The van der Waals surface area contributed by atoms with Gasteiger partial charge in [0, 0.05) is 30.5 Å². The van der Waals surface area contributed by atoms with Crippen LogP contribution in [0.25, 0.3) is 0 Å². The molecule has 1 atom stereocenters. The third-order valence-corrected chi connectivity index (χ3v) is 3.37. The number of amides is 1. The second-order valence-corrected chi connectivity index (χ2v) is 4.92. The lowest BCUT2D eigenvalue weighted by Crippen LogP contribution is -2.33. The van der Waals surface area contributed by atoms with E-state index in [1.54, 1.807) is 24.3 Å². The number of anilines is 1. The molecule has 5 heteroatoms. The number of unbranched alkanes of at least 4 members (excludes halogenated alkanes) is 1. The SMILES string of the molecule is CCCCOc1ccc(N2CC(C(=O)[O-])CC2=O)cc1. The first-order chi connectivity index (χ1) is 9.61. The zero-order valence-electron chi connectivity index (χ0n) is 11.5. The molecule has 0 N–H and O–H groups in total. The van der Waals surface area contributed by atoms with Gasteiger partial charge in [-0.2, -0.15) is 0 Å². The highest BCUT2D eigenvalue weighted by Gasteiger charge is 2.31. The predicted molar refractivity (Wildman–Crippen MR) is 72.3 cm³/mol. The Morgan fingerprint density at radius 2 is 2.10 bits per heavy atom. The predicted octanol–water partition coefficient (Wildman–Crippen LogP) is 0.968. The van der Waals surface area contributed by atoms with Crippen molar-refractivity contribution in [3.8, 4) is 5.75 Å². The summed E-state index contributed by atoms with van der Waals surface area (Å²) in [5.74, 6) is -1.31. The second-order valence-electron chi connectivity index (χ2n) is 4.92. The molecule has 0 aromatic heterocycles. The molecule has 0 saturated carbocycles. The van der Waals surface area contributed by atoms with E-state index in [-0.39, 0.29) is 18.9 Å². The van der Waals surface area contributed by atoms with Crippen molar-refractivity contribution in [2.45, 2.75) is 26.2 Å². The molecule has 1 unspecified atom stereocenters. The smallest absolute Gasteiger partial charge is 0.227 e. The van der Waals surface area contributed by atoms with Crippen molar-refractivity contribution < 1.29 is 19.4 Å². The molecule has 1 aliphatic rings. The van der Waals surface area contributed by atoms with Crippen LogP contribution < -0.4 is 14.7 Å². The highest BCUT2D eigenvalue weighted by molar-refractivity contribution is 5.98. The van der Waals surface area contributed by atoms with Gasteiger partial charge in [-0.1, -0.05) is 13.3 Å². The Kier molecular flexibility index (Phi) is 4.61. The zero-order chi connectivity index (χ0) is 14.5. The van der Waals surface area contributed by atoms with Gasteiger partial charge in [0.2, 0.25) is 5.91 Å². The lowest BCUT2D eigenvalue weighted by atomic mass is 10.1. The van der Waals surface area contributed by atoms with Gasteiger partial charge in [0.05, 0.1) is 6.61 Å². The van der Waals surface area contributed by atoms with Crippen LogP contribution in [-0.2, 0) is 9.59 Å². The van der Waals surface area contributed by atoms with Crippen LogP contribution >= 0.6 is 0 Å². The van der Waals surface area contributed by atoms with E-state index >= 15 is 0 Å². The molecule has 2 rings (SSSR count). The Bertz CT molecular complexity index is 483. The normalized spacial score (nSPS) is 18.4. The first kappa shape index (κ1) is 14.4. The molecule has 108 valence electrons. The Morgan fingerprint density at radius 1 is 1.40 bits per heavy atom. The average Bonchev–Trinajstić information content (AvgIpc) is 2.82. The molecule has 1 saturated heterocycles. The van der Waals surface area contributed by atoms with Gasteiger partial charge in [-0.25, -0.2) is 0 Å². The van der Waals surface area contributed by atoms with Crippen LogP contribution in [0.1, 0.15) is 26.2 Å². The Hall–Kier alpha value is -2.04. The average molecular weight is 276 g/mol. The molecule has 1 aromatic rings. The van der Waals surface area contributed by atoms with Crippen LogP contribution in [0.2, 0.25) is 0 Å². The van der Waals surface area contributed by atoms with Crippen molar-refractivity contribution in [3.63, 3.8) is 0 Å². The molecule has 0 spiro atoms. The number of carbonyl (C=O) groups is 2. The molecule has 1 amide bonds. The van der Waals surface area contributed by atoms with E-state index in [4.69, 9.17) is 4.74 Å². The van der Waals surface area contributed by atoms with Crippen molar-refractivity contribution in [3.05, 3.63) is 24.3 Å². The first-order valence-electron chi connectivity index (χ1n) is 6.86. The number of ether oxygens (including phenoxy) is 1. The van der Waals surface area contributed by atoms with Gasteiger partial charge in [-0.05, 0) is 30.7 Å². The number of nitrogens with zero attached hydrogens (tertiary/aromatic N) is 1. The maximum atomic E-state index is 11.8. The molecule has 0 radical (unpaired) electrons. The number of carboxylic acids is 1. The minimum absolute atomic E-state index is 0.0110. The van der Waals surface area contributed by atoms with Gasteiger partial charge in [0.1, 0.15) is 5.75 Å². The van der Waals surface area contributed by atoms with Crippen LogP contribution in [0.3, 0.4) is 0 Å². The van der Waals surface area contributed by atoms with Gasteiger partial charge < -0.3 is 19.5 Å². The summed E-state index contributed by atoms with van der Waals surface area (Å²) in [5.41, 5.74) is 0.696. The highest BCUT2D eigenvalue weighted by atomic mass is 16.5. The maximum absolute atomic E-state index is 11.8. The summed E-state index contributed by atoms with van der Waals surface area (Å²) in [6.45, 7) is 2.95. The van der Waals surface area contributed by atoms with Crippen LogP contribution in [0.4, 0.5) is 5.69 Å². The van der Waals surface area contributed by atoms with Crippen molar-refractivity contribution in [1.29, 1.82) is 0 Å². The summed E-state index contributed by atoms with van der Waals surface area (Å²) in [7, 11) is 0. The standard InChI is InChI=1S/C15H19NO4/c1-2-3-8-20-13-6-4-12(5-7-13)16-10-11(15(18)19)9-14(16)17/h4-7,11H,2-3,8-10H2,1H3,(H,18,19)/p-1. The summed E-state index contributed by atoms with van der Waals surface area (Å²) < 4.78 is 5.54. The molecule has 1 heterocycles. The van der Waals surface area contributed by atoms with E-state index in [2.05, 4.69) is 6.92 Å². The number of benzene rings is 1. The topological polar surface area (TPSA) is 69.7 Å². The molecule has 1 fully saturated rings. The Morgan fingerprint density at radius 3 is 2.65 bits per heavy atom. The number of hydrogen-bond acceptors (Lipinski definition) is 4. The Labute approximate surface area is 118 Å². The molecule has 0 aliphatic carbocycles. The fraction of sp³-hybridized carbons (Fsp3) is 0.467. The summed E-state index contributed by atoms with van der Waals surface area (Å²) in [4.78, 5) is 24.1. The van der Waals surface area contributed by atoms with Crippen LogP contribution in [0, 0.1) is 5.92 Å². The largest absolute Gasteiger partial charge is 0.550 e. The molecule has 5 nitrogen and oxygen atoms in total. The van der Waals surface area contributed by atoms with E-state index in [9.17, 15) is 14.7 Å². The third-order valence-electron chi connectivity index (χ3n) is 3.37. The number of carboxylic acid groups (broad SMARTS) is 1. The number of hydrogen-bond donors (Lipinski definition) is 0. The third kappa shape index (κ3) is 3.29. The Balaban J connectivity index is 1.99. The molecular weight excluding hydrogens is 258 g/mol. The quantitative estimate of drug-likeness (QED) is 0.726. The van der Waals surface area contributed by atoms with Crippen LogP contribution in [0.15, 0.2) is 24.3 Å². The van der Waals surface area contributed by atoms with E-state index in [0.717, 1.165) is 18.6 Å². The van der Waals surface area contributed by atoms with Crippen molar-refractivity contribution in [2.24, 2.45) is 5.92 Å².